The standard InChI is InChI=1S/C15H25N3O2/c1-15(2,3)18-11-12(10-16-18)14(20)17-8-4-6-13(17)7-5-9-19/h10-11,13,19H,4-9H2,1-3H3. The molecule has 20 heavy (non-hydrogen) atoms. The number of aromatic nitrogens is 2. The van der Waals surface area contributed by atoms with Crippen LogP contribution in [0.25, 0.3) is 0 Å². The van der Waals surface area contributed by atoms with E-state index in [4.69, 9.17) is 5.11 Å². The molecule has 0 aromatic carbocycles. The van der Waals surface area contributed by atoms with Gasteiger partial charge in [-0.25, -0.2) is 0 Å². The van der Waals surface area contributed by atoms with Crippen LogP contribution in [0.5, 0.6) is 0 Å². The summed E-state index contributed by atoms with van der Waals surface area (Å²) in [5, 5.41) is 13.2. The highest BCUT2D eigenvalue weighted by Gasteiger charge is 2.30. The third-order valence-electron chi connectivity index (χ3n) is 3.85. The molecule has 1 atom stereocenters. The number of likely N-dealkylation sites (tertiary alicyclic amines) is 1. The molecule has 1 amide bonds. The summed E-state index contributed by atoms with van der Waals surface area (Å²) < 4.78 is 1.83. The number of rotatable bonds is 4. The van der Waals surface area contributed by atoms with Gasteiger partial charge in [0.05, 0.1) is 17.3 Å². The Bertz CT molecular complexity index is 462. The Labute approximate surface area is 120 Å². The molecular formula is C15H25N3O2. The minimum atomic E-state index is -0.111. The van der Waals surface area contributed by atoms with E-state index in [1.807, 2.05) is 15.8 Å². The van der Waals surface area contributed by atoms with Crippen molar-refractivity contribution in [2.45, 2.75) is 58.0 Å². The molecule has 1 saturated heterocycles. The van der Waals surface area contributed by atoms with Gasteiger partial charge in [0, 0.05) is 25.4 Å². The van der Waals surface area contributed by atoms with Crippen molar-refractivity contribution in [3.05, 3.63) is 18.0 Å². The lowest BCUT2D eigenvalue weighted by Gasteiger charge is -2.24. The summed E-state index contributed by atoms with van der Waals surface area (Å²) in [6.07, 6.45) is 7.23. The van der Waals surface area contributed by atoms with Gasteiger partial charge in [-0.15, -0.1) is 0 Å². The van der Waals surface area contributed by atoms with Crippen molar-refractivity contribution in [1.29, 1.82) is 0 Å². The molecule has 2 heterocycles. The maximum absolute atomic E-state index is 12.6. The fraction of sp³-hybridized carbons (Fsp3) is 0.733. The van der Waals surface area contributed by atoms with E-state index in [9.17, 15) is 4.79 Å². The van der Waals surface area contributed by atoms with E-state index in [2.05, 4.69) is 25.9 Å². The summed E-state index contributed by atoms with van der Waals surface area (Å²) in [6, 6.07) is 0.271. The van der Waals surface area contributed by atoms with Gasteiger partial charge in [0.25, 0.3) is 5.91 Å². The molecular weight excluding hydrogens is 254 g/mol. The highest BCUT2D eigenvalue weighted by molar-refractivity contribution is 5.94. The van der Waals surface area contributed by atoms with Gasteiger partial charge in [-0.2, -0.15) is 5.10 Å². The van der Waals surface area contributed by atoms with Gasteiger partial charge in [0.2, 0.25) is 0 Å². The van der Waals surface area contributed by atoms with Gasteiger partial charge < -0.3 is 10.0 Å². The van der Waals surface area contributed by atoms with Crippen LogP contribution in [-0.4, -0.2) is 44.9 Å². The van der Waals surface area contributed by atoms with Crippen LogP contribution in [-0.2, 0) is 5.54 Å². The van der Waals surface area contributed by atoms with E-state index in [1.165, 1.54) is 0 Å². The zero-order valence-electron chi connectivity index (χ0n) is 12.7. The smallest absolute Gasteiger partial charge is 0.257 e. The number of amides is 1. The first kappa shape index (κ1) is 15.0. The predicted octanol–water partition coefficient (Wildman–Crippen LogP) is 2.02. The van der Waals surface area contributed by atoms with E-state index in [-0.39, 0.29) is 24.1 Å². The molecule has 0 radical (unpaired) electrons. The summed E-state index contributed by atoms with van der Waals surface area (Å²) in [4.78, 5) is 14.5. The Morgan fingerprint density at radius 3 is 2.85 bits per heavy atom. The summed E-state index contributed by atoms with van der Waals surface area (Å²) in [5.41, 5.74) is 0.552. The summed E-state index contributed by atoms with van der Waals surface area (Å²) in [6.45, 7) is 7.20. The molecule has 1 aromatic heterocycles. The highest BCUT2D eigenvalue weighted by atomic mass is 16.3. The summed E-state index contributed by atoms with van der Waals surface area (Å²) in [7, 11) is 0. The van der Waals surface area contributed by atoms with Gasteiger partial charge in [-0.05, 0) is 46.5 Å². The Balaban J connectivity index is 2.08. The van der Waals surface area contributed by atoms with Gasteiger partial charge in [0.15, 0.2) is 0 Å². The number of aliphatic hydroxyl groups excluding tert-OH is 1. The quantitative estimate of drug-likeness (QED) is 0.917. The minimum absolute atomic E-state index is 0.0703. The molecule has 0 saturated carbocycles. The fourth-order valence-corrected chi connectivity index (χ4v) is 2.70. The van der Waals surface area contributed by atoms with Crippen molar-refractivity contribution in [2.75, 3.05) is 13.2 Å². The predicted molar refractivity (Wildman–Crippen MR) is 77.6 cm³/mol. The van der Waals surface area contributed by atoms with Crippen molar-refractivity contribution in [1.82, 2.24) is 14.7 Å². The van der Waals surface area contributed by atoms with Gasteiger partial charge in [-0.1, -0.05) is 0 Å². The Morgan fingerprint density at radius 1 is 1.50 bits per heavy atom. The van der Waals surface area contributed by atoms with Gasteiger partial charge >= 0.3 is 0 Å². The van der Waals surface area contributed by atoms with Crippen molar-refractivity contribution in [3.8, 4) is 0 Å². The summed E-state index contributed by atoms with van der Waals surface area (Å²) in [5.74, 6) is 0.0703. The van der Waals surface area contributed by atoms with E-state index >= 15 is 0 Å². The maximum atomic E-state index is 12.6. The molecule has 0 bridgehead atoms. The van der Waals surface area contributed by atoms with Crippen molar-refractivity contribution >= 4 is 5.91 Å². The number of aliphatic hydroxyl groups is 1. The molecule has 1 fully saturated rings. The maximum Gasteiger partial charge on any atom is 0.257 e. The van der Waals surface area contributed by atoms with E-state index in [1.54, 1.807) is 6.20 Å². The molecule has 1 aromatic rings. The molecule has 1 N–H and O–H groups in total. The van der Waals surface area contributed by atoms with E-state index in [0.717, 1.165) is 32.2 Å². The number of hydrogen-bond acceptors (Lipinski definition) is 3. The van der Waals surface area contributed by atoms with Crippen LogP contribution < -0.4 is 0 Å². The van der Waals surface area contributed by atoms with Crippen LogP contribution in [0.4, 0.5) is 0 Å². The Morgan fingerprint density at radius 2 is 2.25 bits per heavy atom. The molecule has 0 spiro atoms. The molecule has 2 rings (SSSR count). The molecule has 1 aliphatic heterocycles. The minimum Gasteiger partial charge on any atom is -0.396 e. The average molecular weight is 279 g/mol. The van der Waals surface area contributed by atoms with Crippen LogP contribution in [0.2, 0.25) is 0 Å². The van der Waals surface area contributed by atoms with Crippen LogP contribution in [0.15, 0.2) is 12.4 Å². The second-order valence-corrected chi connectivity index (χ2v) is 6.50. The molecule has 112 valence electrons. The van der Waals surface area contributed by atoms with Crippen LogP contribution in [0, 0.1) is 0 Å². The number of hydrogen-bond donors (Lipinski definition) is 1. The molecule has 1 aliphatic rings. The van der Waals surface area contributed by atoms with Crippen molar-refractivity contribution < 1.29 is 9.90 Å². The van der Waals surface area contributed by atoms with E-state index < -0.39 is 0 Å². The second kappa shape index (κ2) is 5.95. The average Bonchev–Trinajstić information content (AvgIpc) is 3.03. The molecule has 5 nitrogen and oxygen atoms in total. The largest absolute Gasteiger partial charge is 0.396 e. The molecule has 0 aliphatic carbocycles. The van der Waals surface area contributed by atoms with E-state index in [0.29, 0.717) is 5.56 Å². The van der Waals surface area contributed by atoms with Crippen molar-refractivity contribution in [2.24, 2.45) is 0 Å². The number of nitrogens with zero attached hydrogens (tertiary/aromatic N) is 3. The second-order valence-electron chi connectivity index (χ2n) is 6.50. The Kier molecular flexibility index (Phi) is 4.48. The zero-order chi connectivity index (χ0) is 14.8. The van der Waals surface area contributed by atoms with Gasteiger partial charge in [-0.3, -0.25) is 9.48 Å². The SMILES string of the molecule is CC(C)(C)n1cc(C(=O)N2CCCC2CCCO)cn1. The normalized spacial score (nSPS) is 19.6. The summed E-state index contributed by atoms with van der Waals surface area (Å²) >= 11 is 0. The zero-order valence-corrected chi connectivity index (χ0v) is 12.7. The lowest BCUT2D eigenvalue weighted by Crippen LogP contribution is -2.35. The fourth-order valence-electron chi connectivity index (χ4n) is 2.70. The third kappa shape index (κ3) is 3.20. The van der Waals surface area contributed by atoms with Crippen LogP contribution >= 0.6 is 0 Å². The highest BCUT2D eigenvalue weighted by Crippen LogP contribution is 2.24. The topological polar surface area (TPSA) is 58.4 Å². The number of carbonyl (C=O) groups is 1. The molecule has 5 heteroatoms. The van der Waals surface area contributed by atoms with Crippen LogP contribution in [0.1, 0.15) is 56.8 Å². The first-order valence-corrected chi connectivity index (χ1v) is 7.40. The first-order valence-electron chi connectivity index (χ1n) is 7.40. The molecule has 1 unspecified atom stereocenters. The van der Waals surface area contributed by atoms with Gasteiger partial charge in [0.1, 0.15) is 0 Å². The number of carbonyl (C=O) groups excluding carboxylic acids is 1. The van der Waals surface area contributed by atoms with Crippen LogP contribution in [0.3, 0.4) is 0 Å². The Hall–Kier alpha value is -1.36. The third-order valence-corrected chi connectivity index (χ3v) is 3.85. The first-order chi connectivity index (χ1) is 9.43. The monoisotopic (exact) mass is 279 g/mol. The lowest BCUT2D eigenvalue weighted by atomic mass is 10.1. The lowest BCUT2D eigenvalue weighted by molar-refractivity contribution is 0.0724. The van der Waals surface area contributed by atoms with Crippen molar-refractivity contribution in [3.63, 3.8) is 0 Å².